The van der Waals surface area contributed by atoms with Crippen LogP contribution in [0.4, 0.5) is 16.2 Å². The zero-order valence-corrected chi connectivity index (χ0v) is 12.9. The van der Waals surface area contributed by atoms with Gasteiger partial charge in [-0.1, -0.05) is 13.8 Å². The van der Waals surface area contributed by atoms with E-state index in [4.69, 9.17) is 5.11 Å². The quantitative estimate of drug-likeness (QED) is 0.752. The zero-order chi connectivity index (χ0) is 16.0. The number of carboxylic acids is 1. The average Bonchev–Trinajstić information content (AvgIpc) is 2.37. The fourth-order valence-electron chi connectivity index (χ4n) is 1.86. The van der Waals surface area contributed by atoms with Crippen LogP contribution in [0.25, 0.3) is 0 Å². The average molecular weight is 293 g/mol. The summed E-state index contributed by atoms with van der Waals surface area (Å²) in [5.41, 5.74) is 1.64. The normalized spacial score (nSPS) is 11.9. The summed E-state index contributed by atoms with van der Waals surface area (Å²) in [7, 11) is 3.86. The Morgan fingerprint density at radius 3 is 2.19 bits per heavy atom. The lowest BCUT2D eigenvalue weighted by Crippen LogP contribution is -2.43. The van der Waals surface area contributed by atoms with Crippen molar-refractivity contribution in [2.45, 2.75) is 26.3 Å². The van der Waals surface area contributed by atoms with Crippen LogP contribution in [0.1, 0.15) is 20.3 Å². The zero-order valence-electron chi connectivity index (χ0n) is 12.9. The van der Waals surface area contributed by atoms with Crippen molar-refractivity contribution in [1.29, 1.82) is 0 Å². The first kappa shape index (κ1) is 16.8. The van der Waals surface area contributed by atoms with Crippen molar-refractivity contribution in [2.75, 3.05) is 24.3 Å². The third-order valence-corrected chi connectivity index (χ3v) is 2.95. The largest absolute Gasteiger partial charge is 0.480 e. The van der Waals surface area contributed by atoms with E-state index in [9.17, 15) is 9.59 Å². The van der Waals surface area contributed by atoms with Gasteiger partial charge in [0.05, 0.1) is 0 Å². The molecule has 0 saturated heterocycles. The summed E-state index contributed by atoms with van der Waals surface area (Å²) < 4.78 is 0. The van der Waals surface area contributed by atoms with Crippen molar-refractivity contribution in [2.24, 2.45) is 5.92 Å². The Hall–Kier alpha value is -2.24. The summed E-state index contributed by atoms with van der Waals surface area (Å²) in [6.07, 6.45) is 0.391. The molecule has 116 valence electrons. The molecule has 21 heavy (non-hydrogen) atoms. The Labute approximate surface area is 125 Å². The number of benzene rings is 1. The molecule has 0 aliphatic heterocycles. The molecule has 0 aliphatic rings. The minimum absolute atomic E-state index is 0.186. The van der Waals surface area contributed by atoms with Crippen LogP contribution in [-0.2, 0) is 4.79 Å². The Morgan fingerprint density at radius 2 is 1.76 bits per heavy atom. The van der Waals surface area contributed by atoms with E-state index >= 15 is 0 Å². The van der Waals surface area contributed by atoms with Gasteiger partial charge in [0.1, 0.15) is 6.04 Å². The Kier molecular flexibility index (Phi) is 6.02. The van der Waals surface area contributed by atoms with Gasteiger partial charge in [-0.05, 0) is 36.6 Å². The summed E-state index contributed by atoms with van der Waals surface area (Å²) in [6.45, 7) is 3.82. The number of rotatable bonds is 6. The van der Waals surface area contributed by atoms with Gasteiger partial charge in [0.15, 0.2) is 0 Å². The number of nitrogens with one attached hydrogen (secondary N) is 2. The molecule has 6 nitrogen and oxygen atoms in total. The highest BCUT2D eigenvalue weighted by atomic mass is 16.4. The van der Waals surface area contributed by atoms with E-state index in [1.54, 1.807) is 12.1 Å². The molecule has 0 fully saturated rings. The lowest BCUT2D eigenvalue weighted by atomic mass is 10.0. The molecule has 3 N–H and O–H groups in total. The number of carbonyl (C=O) groups is 2. The predicted octanol–water partition coefficient (Wildman–Crippen LogP) is 2.37. The van der Waals surface area contributed by atoms with Crippen molar-refractivity contribution in [3.05, 3.63) is 24.3 Å². The molecule has 6 heteroatoms. The van der Waals surface area contributed by atoms with Gasteiger partial charge in [0.2, 0.25) is 0 Å². The highest BCUT2D eigenvalue weighted by Gasteiger charge is 2.20. The van der Waals surface area contributed by atoms with Gasteiger partial charge in [-0.2, -0.15) is 0 Å². The van der Waals surface area contributed by atoms with Crippen molar-refractivity contribution >= 4 is 23.4 Å². The topological polar surface area (TPSA) is 81.7 Å². The van der Waals surface area contributed by atoms with E-state index in [2.05, 4.69) is 10.6 Å². The number of carboxylic acid groups (broad SMARTS) is 1. The molecule has 1 aromatic rings. The van der Waals surface area contributed by atoms with Crippen LogP contribution in [-0.4, -0.2) is 37.2 Å². The molecule has 1 rings (SSSR count). The number of hydrogen-bond donors (Lipinski definition) is 3. The van der Waals surface area contributed by atoms with Crippen LogP contribution >= 0.6 is 0 Å². The molecular weight excluding hydrogens is 270 g/mol. The summed E-state index contributed by atoms with van der Waals surface area (Å²) in [5, 5.41) is 14.2. The summed E-state index contributed by atoms with van der Waals surface area (Å²) in [6, 6.07) is 5.89. The summed E-state index contributed by atoms with van der Waals surface area (Å²) >= 11 is 0. The van der Waals surface area contributed by atoms with E-state index in [0.717, 1.165) is 5.69 Å². The number of hydrogen-bond acceptors (Lipinski definition) is 3. The number of amides is 2. The second-order valence-electron chi connectivity index (χ2n) is 5.56. The first-order chi connectivity index (χ1) is 9.79. The van der Waals surface area contributed by atoms with Crippen molar-refractivity contribution in [1.82, 2.24) is 5.32 Å². The second kappa shape index (κ2) is 7.52. The molecule has 1 atom stereocenters. The molecule has 0 unspecified atom stereocenters. The van der Waals surface area contributed by atoms with E-state index in [1.165, 1.54) is 0 Å². The maximum Gasteiger partial charge on any atom is 0.326 e. The third kappa shape index (κ3) is 5.72. The standard InChI is InChI=1S/C15H23N3O3/c1-10(2)9-13(14(19)20)17-15(21)16-11-5-7-12(8-6-11)18(3)4/h5-8,10,13H,9H2,1-4H3,(H,19,20)(H2,16,17,21)/t13-/m0/s1. The lowest BCUT2D eigenvalue weighted by Gasteiger charge is -2.17. The van der Waals surface area contributed by atoms with Gasteiger partial charge >= 0.3 is 12.0 Å². The molecule has 0 aromatic heterocycles. The maximum absolute atomic E-state index is 11.8. The first-order valence-electron chi connectivity index (χ1n) is 6.87. The number of anilines is 2. The highest BCUT2D eigenvalue weighted by Crippen LogP contribution is 2.15. The SMILES string of the molecule is CC(C)C[C@H](NC(=O)Nc1ccc(N(C)C)cc1)C(=O)O. The lowest BCUT2D eigenvalue weighted by molar-refractivity contribution is -0.139. The van der Waals surface area contributed by atoms with Crippen LogP contribution in [0.15, 0.2) is 24.3 Å². The van der Waals surface area contributed by atoms with Crippen LogP contribution < -0.4 is 15.5 Å². The molecule has 0 heterocycles. The number of carbonyl (C=O) groups excluding carboxylic acids is 1. The van der Waals surface area contributed by atoms with E-state index in [0.29, 0.717) is 12.1 Å². The van der Waals surface area contributed by atoms with Crippen LogP contribution in [0, 0.1) is 5.92 Å². The number of urea groups is 1. The predicted molar refractivity (Wildman–Crippen MR) is 83.8 cm³/mol. The highest BCUT2D eigenvalue weighted by molar-refractivity contribution is 5.92. The first-order valence-corrected chi connectivity index (χ1v) is 6.87. The van der Waals surface area contributed by atoms with E-state index < -0.39 is 18.0 Å². The van der Waals surface area contributed by atoms with Gasteiger partial charge in [0.25, 0.3) is 0 Å². The molecule has 2 amide bonds. The fourth-order valence-corrected chi connectivity index (χ4v) is 1.86. The maximum atomic E-state index is 11.8. The molecular formula is C15H23N3O3. The summed E-state index contributed by atoms with van der Waals surface area (Å²) in [5.74, 6) is -0.840. The van der Waals surface area contributed by atoms with Crippen LogP contribution in [0.2, 0.25) is 0 Å². The smallest absolute Gasteiger partial charge is 0.326 e. The monoisotopic (exact) mass is 293 g/mol. The van der Waals surface area contributed by atoms with Gasteiger partial charge in [-0.25, -0.2) is 9.59 Å². The van der Waals surface area contributed by atoms with E-state index in [1.807, 2.05) is 45.0 Å². The van der Waals surface area contributed by atoms with Crippen molar-refractivity contribution in [3.63, 3.8) is 0 Å². The number of nitrogens with zero attached hydrogens (tertiary/aromatic N) is 1. The molecule has 0 saturated carbocycles. The molecule has 0 radical (unpaired) electrons. The van der Waals surface area contributed by atoms with Gasteiger partial charge in [0, 0.05) is 25.5 Å². The van der Waals surface area contributed by atoms with Gasteiger partial charge in [-0.15, -0.1) is 0 Å². The van der Waals surface area contributed by atoms with Crippen LogP contribution in [0.5, 0.6) is 0 Å². The molecule has 0 aliphatic carbocycles. The summed E-state index contributed by atoms with van der Waals surface area (Å²) in [4.78, 5) is 24.9. The van der Waals surface area contributed by atoms with Crippen LogP contribution in [0.3, 0.4) is 0 Å². The number of aliphatic carboxylic acids is 1. The fraction of sp³-hybridized carbons (Fsp3) is 0.467. The van der Waals surface area contributed by atoms with E-state index in [-0.39, 0.29) is 5.92 Å². The van der Waals surface area contributed by atoms with Gasteiger partial charge < -0.3 is 20.6 Å². The minimum Gasteiger partial charge on any atom is -0.480 e. The second-order valence-corrected chi connectivity index (χ2v) is 5.56. The van der Waals surface area contributed by atoms with Crippen molar-refractivity contribution in [3.8, 4) is 0 Å². The molecule has 1 aromatic carbocycles. The Morgan fingerprint density at radius 1 is 1.19 bits per heavy atom. The molecule has 0 spiro atoms. The van der Waals surface area contributed by atoms with Gasteiger partial charge in [-0.3, -0.25) is 0 Å². The van der Waals surface area contributed by atoms with Crippen molar-refractivity contribution < 1.29 is 14.7 Å². The molecule has 0 bridgehead atoms. The Balaban J connectivity index is 2.61. The minimum atomic E-state index is -1.03. The Bertz CT molecular complexity index is 483. The third-order valence-electron chi connectivity index (χ3n) is 2.95.